The number of amides is 3. The van der Waals surface area contributed by atoms with Gasteiger partial charge < -0.3 is 24.9 Å². The molecule has 49 heavy (non-hydrogen) atoms. The molecule has 0 unspecified atom stereocenters. The van der Waals surface area contributed by atoms with E-state index in [1.165, 1.54) is 17.8 Å². The Bertz CT molecular complexity index is 2090. The van der Waals surface area contributed by atoms with Crippen LogP contribution in [0.4, 0.5) is 11.5 Å². The SMILES string of the molecule is Cc1ccc(-c2ccc(/C=C(\NC(=O)c3ccccc3)C(=O)Nc3ccc(S[C@H](C(=O)Nc4cc(C)on4)c4ccccc4)cc3)o2)cc1. The van der Waals surface area contributed by atoms with Crippen molar-refractivity contribution in [3.8, 4) is 11.3 Å². The van der Waals surface area contributed by atoms with Crippen molar-refractivity contribution in [2.24, 2.45) is 0 Å². The molecule has 0 bridgehead atoms. The minimum atomic E-state index is -0.584. The molecule has 3 N–H and O–H groups in total. The van der Waals surface area contributed by atoms with Gasteiger partial charge in [0, 0.05) is 33.9 Å². The third-order valence-corrected chi connectivity index (χ3v) is 8.63. The van der Waals surface area contributed by atoms with Crippen LogP contribution >= 0.6 is 11.8 Å². The minimum absolute atomic E-state index is 0.000941. The highest BCUT2D eigenvalue weighted by molar-refractivity contribution is 8.00. The fourth-order valence-electron chi connectivity index (χ4n) is 4.86. The maximum absolute atomic E-state index is 13.6. The van der Waals surface area contributed by atoms with Gasteiger partial charge in [0.05, 0.1) is 0 Å². The average molecular weight is 669 g/mol. The molecule has 244 valence electrons. The largest absolute Gasteiger partial charge is 0.457 e. The predicted molar refractivity (Wildman–Crippen MR) is 191 cm³/mol. The highest BCUT2D eigenvalue weighted by Gasteiger charge is 2.23. The summed E-state index contributed by atoms with van der Waals surface area (Å²) in [6, 6.07) is 38.3. The number of rotatable bonds is 11. The zero-order valence-corrected chi connectivity index (χ0v) is 27.5. The Balaban J connectivity index is 1.20. The molecule has 0 aliphatic carbocycles. The van der Waals surface area contributed by atoms with E-state index in [1.807, 2.05) is 85.8 Å². The van der Waals surface area contributed by atoms with Crippen molar-refractivity contribution in [2.75, 3.05) is 10.6 Å². The van der Waals surface area contributed by atoms with E-state index >= 15 is 0 Å². The van der Waals surface area contributed by atoms with E-state index in [2.05, 4.69) is 21.1 Å². The molecule has 2 heterocycles. The maximum atomic E-state index is 13.6. The Hall–Kier alpha value is -6.13. The lowest BCUT2D eigenvalue weighted by molar-refractivity contribution is -0.116. The summed E-state index contributed by atoms with van der Waals surface area (Å²) in [5.74, 6) is 0.720. The number of hydrogen-bond acceptors (Lipinski definition) is 7. The van der Waals surface area contributed by atoms with Gasteiger partial charge in [-0.05, 0) is 67.9 Å². The second-order valence-corrected chi connectivity index (χ2v) is 12.3. The Kier molecular flexibility index (Phi) is 10.2. The number of carbonyl (C=O) groups is 3. The third kappa shape index (κ3) is 8.62. The van der Waals surface area contributed by atoms with Crippen LogP contribution in [0.3, 0.4) is 0 Å². The van der Waals surface area contributed by atoms with Crippen molar-refractivity contribution in [3.63, 3.8) is 0 Å². The smallest absolute Gasteiger partial charge is 0.272 e. The lowest BCUT2D eigenvalue weighted by atomic mass is 10.1. The molecule has 9 nitrogen and oxygen atoms in total. The number of aryl methyl sites for hydroxylation is 2. The van der Waals surface area contributed by atoms with Gasteiger partial charge >= 0.3 is 0 Å². The third-order valence-electron chi connectivity index (χ3n) is 7.36. The highest BCUT2D eigenvalue weighted by Crippen LogP contribution is 2.37. The molecule has 3 amide bonds. The predicted octanol–water partition coefficient (Wildman–Crippen LogP) is 8.43. The fourth-order valence-corrected chi connectivity index (χ4v) is 5.88. The Morgan fingerprint density at radius 1 is 0.776 bits per heavy atom. The summed E-state index contributed by atoms with van der Waals surface area (Å²) in [6.45, 7) is 3.76. The van der Waals surface area contributed by atoms with Gasteiger partial charge in [0.2, 0.25) is 5.91 Å². The molecule has 2 aromatic heterocycles. The van der Waals surface area contributed by atoms with Crippen LogP contribution < -0.4 is 16.0 Å². The van der Waals surface area contributed by atoms with E-state index in [-0.39, 0.29) is 11.6 Å². The number of carbonyl (C=O) groups excluding carboxylic acids is 3. The maximum Gasteiger partial charge on any atom is 0.272 e. The summed E-state index contributed by atoms with van der Waals surface area (Å²) in [6.07, 6.45) is 1.50. The van der Waals surface area contributed by atoms with Gasteiger partial charge in [-0.15, -0.1) is 11.8 Å². The van der Waals surface area contributed by atoms with Crippen LogP contribution in [0, 0.1) is 13.8 Å². The molecule has 4 aromatic carbocycles. The van der Waals surface area contributed by atoms with E-state index in [0.29, 0.717) is 34.3 Å². The summed E-state index contributed by atoms with van der Waals surface area (Å²) in [5.41, 5.74) is 3.73. The molecule has 0 aliphatic rings. The van der Waals surface area contributed by atoms with Crippen LogP contribution in [0.5, 0.6) is 0 Å². The van der Waals surface area contributed by atoms with Crippen LogP contribution in [0.1, 0.15) is 38.3 Å². The number of aromatic nitrogens is 1. The average Bonchev–Trinajstić information content (AvgIpc) is 3.77. The topological polar surface area (TPSA) is 126 Å². The summed E-state index contributed by atoms with van der Waals surface area (Å²) in [5, 5.41) is 11.7. The standard InChI is InChI=1S/C39H32N4O5S/c1-25-13-15-27(16-14-25)34-22-19-31(47-34)24-33(41-37(44)29-11-7-4-8-12-29)38(45)40-30-17-20-32(21-18-30)49-36(28-9-5-3-6-10-28)39(46)42-35-23-26(2)48-43-35/h3-24,36H,1-2H3,(H,40,45)(H,41,44)(H,42,43,46)/b33-24-/t36-/m0/s1. The van der Waals surface area contributed by atoms with Crippen LogP contribution in [0.25, 0.3) is 17.4 Å². The zero-order chi connectivity index (χ0) is 34.2. The molecule has 0 spiro atoms. The first-order valence-corrected chi connectivity index (χ1v) is 16.3. The van der Waals surface area contributed by atoms with Crippen molar-refractivity contribution in [1.29, 1.82) is 0 Å². The number of thioether (sulfide) groups is 1. The van der Waals surface area contributed by atoms with Crippen LogP contribution in [-0.2, 0) is 9.59 Å². The molecule has 0 saturated heterocycles. The minimum Gasteiger partial charge on any atom is -0.457 e. The van der Waals surface area contributed by atoms with Gasteiger partial charge in [0.15, 0.2) is 5.82 Å². The van der Waals surface area contributed by atoms with Crippen LogP contribution in [-0.4, -0.2) is 22.9 Å². The normalized spacial score (nSPS) is 11.8. The van der Waals surface area contributed by atoms with Crippen LogP contribution in [0.15, 0.2) is 147 Å². The van der Waals surface area contributed by atoms with Gasteiger partial charge in [-0.1, -0.05) is 83.5 Å². The summed E-state index contributed by atoms with van der Waals surface area (Å²) in [4.78, 5) is 40.8. The molecule has 0 radical (unpaired) electrons. The van der Waals surface area contributed by atoms with Crippen molar-refractivity contribution in [2.45, 2.75) is 24.0 Å². The Morgan fingerprint density at radius 2 is 1.47 bits per heavy atom. The van der Waals surface area contributed by atoms with E-state index in [9.17, 15) is 14.4 Å². The fraction of sp³-hybridized carbons (Fsp3) is 0.0769. The first-order valence-electron chi connectivity index (χ1n) is 15.4. The lowest BCUT2D eigenvalue weighted by Gasteiger charge is -2.16. The second-order valence-electron chi connectivity index (χ2n) is 11.1. The number of furan rings is 1. The Morgan fingerprint density at radius 3 is 2.14 bits per heavy atom. The molecule has 0 saturated carbocycles. The van der Waals surface area contributed by atoms with E-state index in [4.69, 9.17) is 8.94 Å². The molecule has 0 aliphatic heterocycles. The molecular formula is C39H32N4O5S. The quantitative estimate of drug-likeness (QED) is 0.0934. The molecule has 6 rings (SSSR count). The molecular weight excluding hydrogens is 637 g/mol. The van der Waals surface area contributed by atoms with Gasteiger partial charge in [-0.3, -0.25) is 14.4 Å². The van der Waals surface area contributed by atoms with Crippen molar-refractivity contribution >= 4 is 47.1 Å². The molecule has 10 heteroatoms. The van der Waals surface area contributed by atoms with Crippen LogP contribution in [0.2, 0.25) is 0 Å². The van der Waals surface area contributed by atoms with Crippen molar-refractivity contribution < 1.29 is 23.3 Å². The zero-order valence-electron chi connectivity index (χ0n) is 26.7. The first kappa shape index (κ1) is 32.8. The van der Waals surface area contributed by atoms with Gasteiger partial charge in [0.25, 0.3) is 11.8 Å². The summed E-state index contributed by atoms with van der Waals surface area (Å²) in [7, 11) is 0. The van der Waals surface area contributed by atoms with E-state index in [1.54, 1.807) is 55.5 Å². The summed E-state index contributed by atoms with van der Waals surface area (Å²) < 4.78 is 11.1. The van der Waals surface area contributed by atoms with Crippen molar-refractivity contribution in [3.05, 3.63) is 161 Å². The second kappa shape index (κ2) is 15.2. The van der Waals surface area contributed by atoms with Gasteiger partial charge in [-0.25, -0.2) is 0 Å². The number of hydrogen-bond donors (Lipinski definition) is 3. The Labute approximate surface area is 287 Å². The van der Waals surface area contributed by atoms with Gasteiger partial charge in [0.1, 0.15) is 28.2 Å². The number of anilines is 2. The van der Waals surface area contributed by atoms with E-state index in [0.717, 1.165) is 21.6 Å². The number of nitrogens with zero attached hydrogens (tertiary/aromatic N) is 1. The monoisotopic (exact) mass is 668 g/mol. The van der Waals surface area contributed by atoms with Gasteiger partial charge in [-0.2, -0.15) is 0 Å². The number of benzene rings is 4. The highest BCUT2D eigenvalue weighted by atomic mass is 32.2. The number of nitrogens with one attached hydrogen (secondary N) is 3. The van der Waals surface area contributed by atoms with Crippen molar-refractivity contribution in [1.82, 2.24) is 10.5 Å². The molecule has 1 atom stereocenters. The summed E-state index contributed by atoms with van der Waals surface area (Å²) >= 11 is 1.35. The first-order chi connectivity index (χ1) is 23.8. The molecule has 0 fully saturated rings. The lowest BCUT2D eigenvalue weighted by Crippen LogP contribution is -2.30. The molecule has 6 aromatic rings. The van der Waals surface area contributed by atoms with E-state index < -0.39 is 17.1 Å².